The van der Waals surface area contributed by atoms with Crippen LogP contribution in [0, 0.1) is 11.8 Å². The number of likely N-dealkylation sites (tertiary alicyclic amines) is 1. The Balaban J connectivity index is 1.77. The first-order valence-corrected chi connectivity index (χ1v) is 9.24. The molecule has 1 aliphatic heterocycles. The summed E-state index contributed by atoms with van der Waals surface area (Å²) in [5, 5.41) is 3.20. The van der Waals surface area contributed by atoms with Crippen LogP contribution in [0.2, 0.25) is 0 Å². The van der Waals surface area contributed by atoms with Crippen molar-refractivity contribution in [2.24, 2.45) is 22.6 Å². The van der Waals surface area contributed by atoms with Crippen LogP contribution in [0.5, 0.6) is 0 Å². The number of piperidine rings is 1. The maximum absolute atomic E-state index is 6.04. The molecule has 1 aromatic heterocycles. The number of pyridine rings is 1. The van der Waals surface area contributed by atoms with Crippen LogP contribution in [0.15, 0.2) is 29.4 Å². The highest BCUT2D eigenvalue weighted by atomic mass is 15.2. The van der Waals surface area contributed by atoms with E-state index in [0.717, 1.165) is 31.1 Å². The van der Waals surface area contributed by atoms with E-state index in [0.29, 0.717) is 17.9 Å². The lowest BCUT2D eigenvalue weighted by molar-refractivity contribution is 0.113. The SMILES string of the molecule is CC1CCN(C(CN=C(N)NCCc2ccccn2)C(C)C)CC1. The van der Waals surface area contributed by atoms with Gasteiger partial charge < -0.3 is 11.1 Å². The van der Waals surface area contributed by atoms with E-state index in [-0.39, 0.29) is 0 Å². The lowest BCUT2D eigenvalue weighted by Gasteiger charge is -2.38. The fourth-order valence-electron chi connectivity index (χ4n) is 3.22. The van der Waals surface area contributed by atoms with Gasteiger partial charge in [0, 0.05) is 30.9 Å². The summed E-state index contributed by atoms with van der Waals surface area (Å²) >= 11 is 0. The maximum atomic E-state index is 6.04. The number of hydrogen-bond acceptors (Lipinski definition) is 3. The molecule has 1 saturated heterocycles. The van der Waals surface area contributed by atoms with Gasteiger partial charge in [-0.05, 0) is 49.9 Å². The number of aliphatic imine (C=N–C) groups is 1. The zero-order valence-electron chi connectivity index (χ0n) is 15.4. The largest absolute Gasteiger partial charge is 0.370 e. The Morgan fingerprint density at radius 2 is 2.12 bits per heavy atom. The molecule has 134 valence electrons. The highest BCUT2D eigenvalue weighted by molar-refractivity contribution is 5.77. The van der Waals surface area contributed by atoms with Crippen LogP contribution < -0.4 is 11.1 Å². The average Bonchev–Trinajstić information content (AvgIpc) is 2.57. The summed E-state index contributed by atoms with van der Waals surface area (Å²) in [6.07, 6.45) is 5.27. The molecular formula is C19H33N5. The van der Waals surface area contributed by atoms with Gasteiger partial charge in [-0.2, -0.15) is 0 Å². The number of guanidine groups is 1. The van der Waals surface area contributed by atoms with Crippen molar-refractivity contribution in [3.8, 4) is 0 Å². The van der Waals surface area contributed by atoms with Crippen LogP contribution in [0.4, 0.5) is 0 Å². The monoisotopic (exact) mass is 331 g/mol. The molecule has 0 spiro atoms. The second kappa shape index (κ2) is 9.62. The van der Waals surface area contributed by atoms with Gasteiger partial charge in [0.1, 0.15) is 0 Å². The van der Waals surface area contributed by atoms with Gasteiger partial charge in [-0.15, -0.1) is 0 Å². The first-order chi connectivity index (χ1) is 11.6. The van der Waals surface area contributed by atoms with Crippen LogP contribution in [0.3, 0.4) is 0 Å². The van der Waals surface area contributed by atoms with E-state index in [4.69, 9.17) is 5.73 Å². The van der Waals surface area contributed by atoms with Gasteiger partial charge in [0.2, 0.25) is 0 Å². The van der Waals surface area contributed by atoms with Crippen molar-refractivity contribution in [2.75, 3.05) is 26.2 Å². The number of nitrogens with two attached hydrogens (primary N) is 1. The molecule has 2 rings (SSSR count). The summed E-state index contributed by atoms with van der Waals surface area (Å²) in [4.78, 5) is 11.5. The molecule has 5 heteroatoms. The van der Waals surface area contributed by atoms with Gasteiger partial charge in [-0.3, -0.25) is 14.9 Å². The molecule has 0 bridgehead atoms. The molecular weight excluding hydrogens is 298 g/mol. The third-order valence-electron chi connectivity index (χ3n) is 4.92. The van der Waals surface area contributed by atoms with E-state index < -0.39 is 0 Å². The number of nitrogens with zero attached hydrogens (tertiary/aromatic N) is 3. The summed E-state index contributed by atoms with van der Waals surface area (Å²) in [7, 11) is 0. The standard InChI is InChI=1S/C19H33N5/c1-15(2)18(24-12-8-16(3)9-13-24)14-23-19(20)22-11-7-17-6-4-5-10-21-17/h4-6,10,15-16,18H,7-9,11-14H2,1-3H3,(H3,20,22,23). The fourth-order valence-corrected chi connectivity index (χ4v) is 3.22. The van der Waals surface area contributed by atoms with Crippen molar-refractivity contribution in [1.29, 1.82) is 0 Å². The van der Waals surface area contributed by atoms with Crippen molar-refractivity contribution in [1.82, 2.24) is 15.2 Å². The minimum atomic E-state index is 0.480. The van der Waals surface area contributed by atoms with Crippen molar-refractivity contribution in [3.05, 3.63) is 30.1 Å². The van der Waals surface area contributed by atoms with Gasteiger partial charge >= 0.3 is 0 Å². The molecule has 0 aromatic carbocycles. The van der Waals surface area contributed by atoms with Gasteiger partial charge in [-0.1, -0.05) is 26.8 Å². The molecule has 1 aromatic rings. The molecule has 2 heterocycles. The van der Waals surface area contributed by atoms with Crippen molar-refractivity contribution < 1.29 is 0 Å². The molecule has 1 aliphatic rings. The van der Waals surface area contributed by atoms with Crippen LogP contribution in [0.1, 0.15) is 39.3 Å². The summed E-state index contributed by atoms with van der Waals surface area (Å²) in [5.74, 6) is 1.99. The lowest BCUT2D eigenvalue weighted by Crippen LogP contribution is -2.46. The Morgan fingerprint density at radius 1 is 1.38 bits per heavy atom. The van der Waals surface area contributed by atoms with E-state index in [1.54, 1.807) is 0 Å². The van der Waals surface area contributed by atoms with Crippen LogP contribution in [0.25, 0.3) is 0 Å². The lowest BCUT2D eigenvalue weighted by atomic mass is 9.94. The minimum Gasteiger partial charge on any atom is -0.370 e. The van der Waals surface area contributed by atoms with Gasteiger partial charge in [-0.25, -0.2) is 0 Å². The first-order valence-electron chi connectivity index (χ1n) is 9.24. The summed E-state index contributed by atoms with van der Waals surface area (Å²) in [6.45, 7) is 10.8. The van der Waals surface area contributed by atoms with E-state index in [1.165, 1.54) is 25.9 Å². The van der Waals surface area contributed by atoms with E-state index in [1.807, 2.05) is 24.4 Å². The van der Waals surface area contributed by atoms with Gasteiger partial charge in [0.05, 0.1) is 6.54 Å². The van der Waals surface area contributed by atoms with Gasteiger partial charge in [0.15, 0.2) is 5.96 Å². The van der Waals surface area contributed by atoms with Crippen molar-refractivity contribution >= 4 is 5.96 Å². The normalized spacial score (nSPS) is 18.8. The fraction of sp³-hybridized carbons (Fsp3) is 0.684. The Hall–Kier alpha value is -1.62. The summed E-state index contributed by atoms with van der Waals surface area (Å²) < 4.78 is 0. The molecule has 1 unspecified atom stereocenters. The predicted octanol–water partition coefficient (Wildman–Crippen LogP) is 2.28. The third kappa shape index (κ3) is 6.11. The molecule has 0 aliphatic carbocycles. The molecule has 24 heavy (non-hydrogen) atoms. The second-order valence-electron chi connectivity index (χ2n) is 7.25. The topological polar surface area (TPSA) is 66.5 Å². The number of hydrogen-bond donors (Lipinski definition) is 2. The van der Waals surface area contributed by atoms with Crippen LogP contribution in [-0.4, -0.2) is 48.1 Å². The van der Waals surface area contributed by atoms with Crippen molar-refractivity contribution in [3.63, 3.8) is 0 Å². The Labute approximate surface area is 146 Å². The predicted molar refractivity (Wildman–Crippen MR) is 101 cm³/mol. The van der Waals surface area contributed by atoms with E-state index in [2.05, 4.69) is 41.0 Å². The molecule has 0 saturated carbocycles. The van der Waals surface area contributed by atoms with E-state index in [9.17, 15) is 0 Å². The quantitative estimate of drug-likeness (QED) is 0.594. The van der Waals surface area contributed by atoms with Crippen LogP contribution in [-0.2, 0) is 6.42 Å². The summed E-state index contributed by atoms with van der Waals surface area (Å²) in [5.41, 5.74) is 7.11. The third-order valence-corrected chi connectivity index (χ3v) is 4.92. The Morgan fingerprint density at radius 3 is 2.75 bits per heavy atom. The summed E-state index contributed by atoms with van der Waals surface area (Å²) in [6, 6.07) is 6.45. The smallest absolute Gasteiger partial charge is 0.188 e. The highest BCUT2D eigenvalue weighted by Gasteiger charge is 2.25. The molecule has 1 fully saturated rings. The number of aromatic nitrogens is 1. The molecule has 1 atom stereocenters. The van der Waals surface area contributed by atoms with Crippen molar-refractivity contribution in [2.45, 2.75) is 46.1 Å². The zero-order valence-corrected chi connectivity index (χ0v) is 15.4. The number of rotatable bonds is 7. The minimum absolute atomic E-state index is 0.480. The van der Waals surface area contributed by atoms with E-state index >= 15 is 0 Å². The van der Waals surface area contributed by atoms with Gasteiger partial charge in [0.25, 0.3) is 0 Å². The zero-order chi connectivity index (χ0) is 17.4. The average molecular weight is 332 g/mol. The highest BCUT2D eigenvalue weighted by Crippen LogP contribution is 2.21. The molecule has 0 radical (unpaired) electrons. The first kappa shape index (κ1) is 18.7. The molecule has 0 amide bonds. The maximum Gasteiger partial charge on any atom is 0.188 e. The Kier molecular flexibility index (Phi) is 7.50. The van der Waals surface area contributed by atoms with Crippen LogP contribution >= 0.6 is 0 Å². The molecule has 5 nitrogen and oxygen atoms in total. The Bertz CT molecular complexity index is 492. The molecule has 3 N–H and O–H groups in total. The second-order valence-corrected chi connectivity index (χ2v) is 7.25. The number of nitrogens with one attached hydrogen (secondary N) is 1.